The van der Waals surface area contributed by atoms with Crippen molar-refractivity contribution in [3.05, 3.63) is 51.3 Å². The van der Waals surface area contributed by atoms with E-state index in [1.165, 1.54) is 4.52 Å². The Balaban J connectivity index is 1.75. The van der Waals surface area contributed by atoms with Crippen molar-refractivity contribution < 1.29 is 4.79 Å². The molecule has 1 saturated heterocycles. The lowest BCUT2D eigenvalue weighted by molar-refractivity contribution is 0.0721. The van der Waals surface area contributed by atoms with Crippen LogP contribution in [-0.4, -0.2) is 41.7 Å². The van der Waals surface area contributed by atoms with Crippen molar-refractivity contribution in [2.75, 3.05) is 6.54 Å². The molecule has 4 heterocycles. The van der Waals surface area contributed by atoms with Crippen LogP contribution in [0.15, 0.2) is 23.1 Å². The number of likely N-dealkylation sites (tertiary alicyclic amines) is 1. The van der Waals surface area contributed by atoms with Gasteiger partial charge >= 0.3 is 0 Å². The van der Waals surface area contributed by atoms with Gasteiger partial charge in [-0.1, -0.05) is 0 Å². The fourth-order valence-electron chi connectivity index (χ4n) is 3.47. The summed E-state index contributed by atoms with van der Waals surface area (Å²) in [7, 11) is 1.76. The summed E-state index contributed by atoms with van der Waals surface area (Å²) in [6.45, 7) is 4.28. The van der Waals surface area contributed by atoms with Gasteiger partial charge in [0.1, 0.15) is 5.69 Å². The molecule has 8 heteroatoms. The molecule has 1 atom stereocenters. The van der Waals surface area contributed by atoms with Gasteiger partial charge in [-0.3, -0.25) is 19.4 Å². The van der Waals surface area contributed by atoms with E-state index in [1.807, 2.05) is 17.9 Å². The molecule has 0 radical (unpaired) electrons. The number of aromatic nitrogens is 5. The Bertz CT molecular complexity index is 1030. The number of nitrogens with zero attached hydrogens (tertiary/aromatic N) is 5. The molecule has 130 valence electrons. The number of amides is 1. The number of carbonyl (C=O) groups is 1. The van der Waals surface area contributed by atoms with E-state index >= 15 is 0 Å². The van der Waals surface area contributed by atoms with E-state index < -0.39 is 0 Å². The summed E-state index contributed by atoms with van der Waals surface area (Å²) in [4.78, 5) is 31.6. The van der Waals surface area contributed by atoms with Crippen molar-refractivity contribution in [2.45, 2.75) is 32.7 Å². The number of H-pyrrole nitrogens is 1. The molecule has 1 aliphatic heterocycles. The molecule has 8 nitrogen and oxygen atoms in total. The maximum atomic E-state index is 12.9. The van der Waals surface area contributed by atoms with Crippen LogP contribution in [0.4, 0.5) is 0 Å². The van der Waals surface area contributed by atoms with Crippen molar-refractivity contribution in [1.29, 1.82) is 0 Å². The Kier molecular flexibility index (Phi) is 3.48. The second-order valence-corrected chi connectivity index (χ2v) is 6.53. The highest BCUT2D eigenvalue weighted by Crippen LogP contribution is 2.32. The van der Waals surface area contributed by atoms with Gasteiger partial charge in [-0.05, 0) is 32.8 Å². The minimum atomic E-state index is -0.101. The number of rotatable bonds is 2. The Morgan fingerprint density at radius 3 is 2.88 bits per heavy atom. The van der Waals surface area contributed by atoms with Crippen LogP contribution < -0.4 is 5.56 Å². The molecule has 0 aliphatic carbocycles. The molecule has 0 bridgehead atoms. The third-order valence-corrected chi connectivity index (χ3v) is 5.02. The first-order valence-corrected chi connectivity index (χ1v) is 8.35. The number of carbonyl (C=O) groups excluding carboxylic acids is 1. The predicted octanol–water partition coefficient (Wildman–Crippen LogP) is 1.35. The van der Waals surface area contributed by atoms with E-state index in [1.54, 1.807) is 30.9 Å². The van der Waals surface area contributed by atoms with Crippen LogP contribution in [0.1, 0.15) is 46.3 Å². The lowest BCUT2D eigenvalue weighted by atomic mass is 10.1. The highest BCUT2D eigenvalue weighted by atomic mass is 16.2. The fourth-order valence-corrected chi connectivity index (χ4v) is 3.47. The van der Waals surface area contributed by atoms with E-state index in [2.05, 4.69) is 15.2 Å². The minimum Gasteiger partial charge on any atom is -0.329 e. The Morgan fingerprint density at radius 1 is 1.36 bits per heavy atom. The zero-order valence-electron chi connectivity index (χ0n) is 14.5. The molecule has 3 aromatic heterocycles. The first-order valence-electron chi connectivity index (χ1n) is 8.35. The first-order chi connectivity index (χ1) is 12.0. The van der Waals surface area contributed by atoms with Gasteiger partial charge in [0.05, 0.1) is 11.7 Å². The molecule has 25 heavy (non-hydrogen) atoms. The molecule has 1 fully saturated rings. The summed E-state index contributed by atoms with van der Waals surface area (Å²) in [5, 5.41) is 7.22. The number of aryl methyl sites for hydroxylation is 2. The smallest absolute Gasteiger partial charge is 0.275 e. The topological polar surface area (TPSA) is 88.3 Å². The Labute approximate surface area is 144 Å². The summed E-state index contributed by atoms with van der Waals surface area (Å²) in [5.41, 5.74) is 3.23. The van der Waals surface area contributed by atoms with Gasteiger partial charge in [0.25, 0.3) is 11.5 Å². The van der Waals surface area contributed by atoms with Gasteiger partial charge in [0, 0.05) is 37.1 Å². The van der Waals surface area contributed by atoms with Crippen molar-refractivity contribution in [1.82, 2.24) is 29.3 Å². The van der Waals surface area contributed by atoms with Gasteiger partial charge in [0.15, 0.2) is 5.65 Å². The lowest BCUT2D eigenvalue weighted by Crippen LogP contribution is -2.32. The second-order valence-electron chi connectivity index (χ2n) is 6.53. The van der Waals surface area contributed by atoms with Crippen molar-refractivity contribution in [2.24, 2.45) is 7.05 Å². The summed E-state index contributed by atoms with van der Waals surface area (Å²) in [6, 6.07) is 3.50. The van der Waals surface area contributed by atoms with Crippen LogP contribution in [0.5, 0.6) is 0 Å². The Hall–Kier alpha value is -2.90. The van der Waals surface area contributed by atoms with E-state index in [0.29, 0.717) is 23.4 Å². The summed E-state index contributed by atoms with van der Waals surface area (Å²) >= 11 is 0. The standard InChI is InChI=1S/C17H20N6O2/c1-10-11(2)19-15-9-12(20-23(15)16(10)24)13-5-4-8-22(13)17(25)14-6-7-18-21(14)3/h6-7,9,13,20H,4-5,8H2,1-3H3/t13-/m0/s1. The second kappa shape index (κ2) is 5.58. The van der Waals surface area contributed by atoms with Gasteiger partial charge in [-0.15, -0.1) is 0 Å². The fraction of sp³-hybridized carbons (Fsp3) is 0.412. The largest absolute Gasteiger partial charge is 0.329 e. The molecule has 0 spiro atoms. The molecule has 1 aliphatic rings. The molecule has 3 aromatic rings. The molecular weight excluding hydrogens is 320 g/mol. The molecule has 0 unspecified atom stereocenters. The Morgan fingerprint density at radius 2 is 2.16 bits per heavy atom. The SMILES string of the molecule is Cc1nc2cc([C@@H]3CCCN3C(=O)c3ccnn3C)[nH]n2c(=O)c1C. The average molecular weight is 340 g/mol. The van der Waals surface area contributed by atoms with Crippen LogP contribution in [0, 0.1) is 13.8 Å². The molecule has 1 amide bonds. The highest BCUT2D eigenvalue weighted by Gasteiger charge is 2.33. The molecule has 0 aromatic carbocycles. The third-order valence-electron chi connectivity index (χ3n) is 5.02. The monoisotopic (exact) mass is 340 g/mol. The molecular formula is C17H20N6O2. The van der Waals surface area contributed by atoms with Crippen LogP contribution in [0.3, 0.4) is 0 Å². The summed E-state index contributed by atoms with van der Waals surface area (Å²) in [5.74, 6) is -0.0474. The van der Waals surface area contributed by atoms with Crippen LogP contribution in [-0.2, 0) is 7.05 Å². The van der Waals surface area contributed by atoms with E-state index in [0.717, 1.165) is 24.2 Å². The molecule has 4 rings (SSSR count). The van der Waals surface area contributed by atoms with E-state index in [9.17, 15) is 9.59 Å². The van der Waals surface area contributed by atoms with Crippen molar-refractivity contribution in [3.63, 3.8) is 0 Å². The number of fused-ring (bicyclic) bond motifs is 1. The normalized spacial score (nSPS) is 17.6. The van der Waals surface area contributed by atoms with E-state index in [4.69, 9.17) is 0 Å². The van der Waals surface area contributed by atoms with Gasteiger partial charge in [-0.25, -0.2) is 9.50 Å². The van der Waals surface area contributed by atoms with Crippen LogP contribution in [0.2, 0.25) is 0 Å². The summed E-state index contributed by atoms with van der Waals surface area (Å²) in [6.07, 6.45) is 3.39. The number of hydrogen-bond acceptors (Lipinski definition) is 4. The third kappa shape index (κ3) is 2.36. The van der Waals surface area contributed by atoms with Gasteiger partial charge in [0.2, 0.25) is 0 Å². The predicted molar refractivity (Wildman–Crippen MR) is 91.5 cm³/mol. The van der Waals surface area contributed by atoms with Crippen molar-refractivity contribution in [3.8, 4) is 0 Å². The lowest BCUT2D eigenvalue weighted by Gasteiger charge is -2.23. The first kappa shape index (κ1) is 15.6. The van der Waals surface area contributed by atoms with Crippen molar-refractivity contribution >= 4 is 11.6 Å². The molecule has 0 saturated carbocycles. The quantitative estimate of drug-likeness (QED) is 0.763. The average Bonchev–Trinajstić information content (AvgIpc) is 3.30. The van der Waals surface area contributed by atoms with Gasteiger partial charge < -0.3 is 4.90 Å². The number of aromatic amines is 1. The number of hydrogen-bond donors (Lipinski definition) is 1. The summed E-state index contributed by atoms with van der Waals surface area (Å²) < 4.78 is 3.05. The highest BCUT2D eigenvalue weighted by molar-refractivity contribution is 5.93. The van der Waals surface area contributed by atoms with E-state index in [-0.39, 0.29) is 17.5 Å². The minimum absolute atomic E-state index is 0.0474. The maximum Gasteiger partial charge on any atom is 0.275 e. The zero-order chi connectivity index (χ0) is 17.7. The maximum absolute atomic E-state index is 12.9. The van der Waals surface area contributed by atoms with Crippen LogP contribution in [0.25, 0.3) is 5.65 Å². The molecule has 1 N–H and O–H groups in total. The van der Waals surface area contributed by atoms with Crippen LogP contribution >= 0.6 is 0 Å². The zero-order valence-corrected chi connectivity index (χ0v) is 14.5. The number of nitrogens with one attached hydrogen (secondary N) is 1. The van der Waals surface area contributed by atoms with Gasteiger partial charge in [-0.2, -0.15) is 5.10 Å².